The van der Waals surface area contributed by atoms with Crippen molar-refractivity contribution in [2.24, 2.45) is 5.73 Å². The van der Waals surface area contributed by atoms with E-state index in [1.54, 1.807) is 30.3 Å². The molecule has 0 spiro atoms. The molecule has 0 saturated carbocycles. The molecule has 9 heteroatoms. The largest absolute Gasteiger partial charge is 0.417 e. The molecule has 0 aromatic heterocycles. The highest BCUT2D eigenvalue weighted by Gasteiger charge is 2.35. The van der Waals surface area contributed by atoms with Crippen LogP contribution in [0.15, 0.2) is 59.5 Å². The molecule has 27 heavy (non-hydrogen) atoms. The third kappa shape index (κ3) is 5.65. The average Bonchev–Trinajstić information content (AvgIpc) is 2.64. The zero-order chi connectivity index (χ0) is 20.0. The quantitative estimate of drug-likeness (QED) is 0.751. The topological polar surface area (TPSA) is 89.3 Å². The molecule has 3 N–H and O–H groups in total. The van der Waals surface area contributed by atoms with Gasteiger partial charge in [-0.05, 0) is 30.7 Å². The van der Waals surface area contributed by atoms with Crippen LogP contribution in [0.1, 0.15) is 22.3 Å². The first-order valence-corrected chi connectivity index (χ1v) is 9.22. The number of alkyl halides is 3. The maximum absolute atomic E-state index is 13.0. The molecular formula is C18H17F3N2O3S. The van der Waals surface area contributed by atoms with Crippen LogP contribution in [-0.4, -0.2) is 27.8 Å². The van der Waals surface area contributed by atoms with Gasteiger partial charge in [0, 0.05) is 10.6 Å². The van der Waals surface area contributed by atoms with Gasteiger partial charge in [-0.2, -0.15) is 13.2 Å². The summed E-state index contributed by atoms with van der Waals surface area (Å²) >= 11 is 0. The molecule has 0 aliphatic heterocycles. The number of rotatable bonds is 7. The van der Waals surface area contributed by atoms with E-state index in [4.69, 9.17) is 5.73 Å². The van der Waals surface area contributed by atoms with Crippen molar-refractivity contribution >= 4 is 22.6 Å². The Labute approximate surface area is 156 Å². The molecular weight excluding hydrogens is 381 g/mol. The molecule has 2 atom stereocenters. The second-order valence-corrected chi connectivity index (χ2v) is 7.19. The van der Waals surface area contributed by atoms with E-state index in [0.29, 0.717) is 4.90 Å². The van der Waals surface area contributed by atoms with E-state index in [0.717, 1.165) is 18.2 Å². The van der Waals surface area contributed by atoms with Crippen molar-refractivity contribution in [3.63, 3.8) is 0 Å². The van der Waals surface area contributed by atoms with E-state index in [1.165, 1.54) is 6.07 Å². The number of nitrogens with one attached hydrogen (secondary N) is 1. The third-order valence-corrected chi connectivity index (χ3v) is 5.13. The lowest BCUT2D eigenvalue weighted by molar-refractivity contribution is -0.137. The predicted octanol–water partition coefficient (Wildman–Crippen LogP) is 2.49. The first-order chi connectivity index (χ1) is 12.7. The number of benzene rings is 2. The SMILES string of the molecule is NC(=O)[C@@H](CC[S@@](=O)c1ccccc1)NC(=O)c1ccccc1C(F)(F)F. The molecule has 0 saturated heterocycles. The molecule has 0 fully saturated rings. The van der Waals surface area contributed by atoms with Crippen LogP contribution >= 0.6 is 0 Å². The molecule has 0 heterocycles. The zero-order valence-corrected chi connectivity index (χ0v) is 14.8. The number of hydrogen-bond acceptors (Lipinski definition) is 3. The standard InChI is InChI=1S/C18H17F3N2O3S/c19-18(20,21)14-9-5-4-8-13(14)17(25)23-15(16(22)24)10-11-27(26)12-6-2-1-3-7-12/h1-9,15H,10-11H2,(H2,22,24)(H,23,25)/t15-,27-/m1/s1. The Morgan fingerprint density at radius 3 is 2.22 bits per heavy atom. The van der Waals surface area contributed by atoms with Gasteiger partial charge in [0.25, 0.3) is 5.91 Å². The van der Waals surface area contributed by atoms with Gasteiger partial charge in [0.1, 0.15) is 6.04 Å². The molecule has 2 aromatic carbocycles. The highest BCUT2D eigenvalue weighted by Crippen LogP contribution is 2.31. The van der Waals surface area contributed by atoms with Crippen LogP contribution in [0, 0.1) is 0 Å². The van der Waals surface area contributed by atoms with Gasteiger partial charge in [0.2, 0.25) is 5.91 Å². The summed E-state index contributed by atoms with van der Waals surface area (Å²) in [7, 11) is -1.44. The first-order valence-electron chi connectivity index (χ1n) is 7.90. The predicted molar refractivity (Wildman–Crippen MR) is 94.2 cm³/mol. The van der Waals surface area contributed by atoms with Gasteiger partial charge < -0.3 is 11.1 Å². The highest BCUT2D eigenvalue weighted by molar-refractivity contribution is 7.85. The Balaban J connectivity index is 2.10. The maximum Gasteiger partial charge on any atom is 0.417 e. The van der Waals surface area contributed by atoms with Crippen LogP contribution < -0.4 is 11.1 Å². The summed E-state index contributed by atoms with van der Waals surface area (Å²) in [6, 6.07) is 11.4. The average molecular weight is 398 g/mol. The molecule has 0 radical (unpaired) electrons. The second-order valence-electron chi connectivity index (χ2n) is 5.62. The number of carbonyl (C=O) groups excluding carboxylic acids is 2. The lowest BCUT2D eigenvalue weighted by Gasteiger charge is -2.17. The minimum Gasteiger partial charge on any atom is -0.368 e. The van der Waals surface area contributed by atoms with Crippen LogP contribution in [0.4, 0.5) is 13.2 Å². The van der Waals surface area contributed by atoms with Crippen LogP contribution in [0.5, 0.6) is 0 Å². The monoisotopic (exact) mass is 398 g/mol. The minimum absolute atomic E-state index is 0.0127. The van der Waals surface area contributed by atoms with Crippen LogP contribution in [-0.2, 0) is 21.8 Å². The number of nitrogens with two attached hydrogens (primary N) is 1. The van der Waals surface area contributed by atoms with Crippen LogP contribution in [0.25, 0.3) is 0 Å². The zero-order valence-electron chi connectivity index (χ0n) is 14.0. The smallest absolute Gasteiger partial charge is 0.368 e. The molecule has 0 aliphatic rings. The Morgan fingerprint density at radius 2 is 1.63 bits per heavy atom. The fraction of sp³-hybridized carbons (Fsp3) is 0.222. The Bertz CT molecular complexity index is 841. The van der Waals surface area contributed by atoms with Gasteiger partial charge >= 0.3 is 6.18 Å². The Kier molecular flexibility index (Phi) is 6.73. The lowest BCUT2D eigenvalue weighted by atomic mass is 10.1. The van der Waals surface area contributed by atoms with Crippen molar-refractivity contribution in [2.45, 2.75) is 23.5 Å². The lowest BCUT2D eigenvalue weighted by Crippen LogP contribution is -2.45. The number of carbonyl (C=O) groups is 2. The second kappa shape index (κ2) is 8.81. The summed E-state index contributed by atoms with van der Waals surface area (Å²) in [6.07, 6.45) is -4.79. The molecule has 0 aliphatic carbocycles. The highest BCUT2D eigenvalue weighted by atomic mass is 32.2. The van der Waals surface area contributed by atoms with Gasteiger partial charge in [-0.1, -0.05) is 30.3 Å². The van der Waals surface area contributed by atoms with E-state index in [2.05, 4.69) is 5.32 Å². The molecule has 2 rings (SSSR count). The number of hydrogen-bond donors (Lipinski definition) is 2. The summed E-state index contributed by atoms with van der Waals surface area (Å²) in [5.41, 5.74) is 3.51. The van der Waals surface area contributed by atoms with Gasteiger partial charge in [-0.25, -0.2) is 0 Å². The molecule has 2 amide bonds. The fourth-order valence-corrected chi connectivity index (χ4v) is 3.51. The van der Waals surface area contributed by atoms with E-state index < -0.39 is 46.0 Å². The van der Waals surface area contributed by atoms with Crippen molar-refractivity contribution in [3.05, 3.63) is 65.7 Å². The Morgan fingerprint density at radius 1 is 1.04 bits per heavy atom. The fourth-order valence-electron chi connectivity index (χ4n) is 2.36. The minimum atomic E-state index is -4.72. The van der Waals surface area contributed by atoms with Crippen molar-refractivity contribution in [3.8, 4) is 0 Å². The third-order valence-electron chi connectivity index (χ3n) is 3.72. The summed E-state index contributed by atoms with van der Waals surface area (Å²) in [4.78, 5) is 24.4. The summed E-state index contributed by atoms with van der Waals surface area (Å²) < 4.78 is 51.3. The van der Waals surface area contributed by atoms with E-state index in [1.807, 2.05) is 0 Å². The van der Waals surface area contributed by atoms with Crippen molar-refractivity contribution in [1.29, 1.82) is 0 Å². The molecule has 144 valence electrons. The van der Waals surface area contributed by atoms with Gasteiger partial charge in [0.05, 0.1) is 21.9 Å². The molecule has 0 bridgehead atoms. The normalized spacial score (nSPS) is 13.6. The maximum atomic E-state index is 13.0. The van der Waals surface area contributed by atoms with Crippen molar-refractivity contribution in [2.75, 3.05) is 5.75 Å². The summed E-state index contributed by atoms with van der Waals surface area (Å²) in [6.45, 7) is 0. The van der Waals surface area contributed by atoms with E-state index >= 15 is 0 Å². The van der Waals surface area contributed by atoms with Gasteiger partial charge in [0.15, 0.2) is 0 Å². The van der Waals surface area contributed by atoms with Crippen molar-refractivity contribution < 1.29 is 27.0 Å². The van der Waals surface area contributed by atoms with E-state index in [-0.39, 0.29) is 12.2 Å². The summed E-state index contributed by atoms with van der Waals surface area (Å²) in [5, 5.41) is 2.20. The Hall–Kier alpha value is -2.68. The first kappa shape index (κ1) is 20.6. The number of primary amides is 1. The number of amides is 2. The van der Waals surface area contributed by atoms with Crippen LogP contribution in [0.3, 0.4) is 0 Å². The van der Waals surface area contributed by atoms with Crippen LogP contribution in [0.2, 0.25) is 0 Å². The van der Waals surface area contributed by atoms with Crippen molar-refractivity contribution in [1.82, 2.24) is 5.32 Å². The van der Waals surface area contributed by atoms with E-state index in [9.17, 15) is 27.0 Å². The molecule has 0 unspecified atom stereocenters. The molecule has 2 aromatic rings. The summed E-state index contributed by atoms with van der Waals surface area (Å²) in [5.74, 6) is -1.98. The van der Waals surface area contributed by atoms with Gasteiger partial charge in [-0.15, -0.1) is 0 Å². The molecule has 5 nitrogen and oxygen atoms in total. The van der Waals surface area contributed by atoms with Gasteiger partial charge in [-0.3, -0.25) is 13.8 Å². The number of halogens is 3.